The summed E-state index contributed by atoms with van der Waals surface area (Å²) in [5.74, 6) is 0.172. The van der Waals surface area contributed by atoms with E-state index < -0.39 is 0 Å². The van der Waals surface area contributed by atoms with Gasteiger partial charge in [0.25, 0.3) is 5.91 Å². The molecular weight excluding hydrogens is 282 g/mol. The maximum atomic E-state index is 12.1. The number of hydrogen-bond acceptors (Lipinski definition) is 4. The lowest BCUT2D eigenvalue weighted by Gasteiger charge is -2.34. The van der Waals surface area contributed by atoms with Crippen molar-refractivity contribution in [3.05, 3.63) is 23.1 Å². The van der Waals surface area contributed by atoms with Crippen LogP contribution in [-0.4, -0.2) is 73.3 Å². The van der Waals surface area contributed by atoms with Crippen molar-refractivity contribution in [1.29, 1.82) is 0 Å². The van der Waals surface area contributed by atoms with Crippen molar-refractivity contribution in [2.45, 2.75) is 0 Å². The Balaban J connectivity index is 1.85. The molecule has 20 heavy (non-hydrogen) atoms. The van der Waals surface area contributed by atoms with Crippen molar-refractivity contribution in [3.8, 4) is 0 Å². The molecular formula is C13H18ClN3O3. The van der Waals surface area contributed by atoms with Gasteiger partial charge in [0, 0.05) is 40.3 Å². The maximum Gasteiger partial charge on any atom is 0.289 e. The third-order valence-corrected chi connectivity index (χ3v) is 3.50. The Morgan fingerprint density at radius 2 is 1.90 bits per heavy atom. The van der Waals surface area contributed by atoms with Gasteiger partial charge in [-0.3, -0.25) is 14.5 Å². The lowest BCUT2D eigenvalue weighted by Crippen LogP contribution is -2.50. The topological polar surface area (TPSA) is 57.0 Å². The van der Waals surface area contributed by atoms with E-state index in [2.05, 4.69) is 0 Å². The van der Waals surface area contributed by atoms with Crippen molar-refractivity contribution < 1.29 is 14.0 Å². The van der Waals surface area contributed by atoms with Gasteiger partial charge in [-0.2, -0.15) is 0 Å². The molecule has 0 atom stereocenters. The number of amides is 2. The number of halogens is 1. The lowest BCUT2D eigenvalue weighted by atomic mass is 10.3. The lowest BCUT2D eigenvalue weighted by molar-refractivity contribution is -0.130. The zero-order chi connectivity index (χ0) is 14.7. The number of hydrogen-bond donors (Lipinski definition) is 0. The van der Waals surface area contributed by atoms with Crippen molar-refractivity contribution in [1.82, 2.24) is 14.7 Å². The summed E-state index contributed by atoms with van der Waals surface area (Å²) in [6.45, 7) is 2.91. The van der Waals surface area contributed by atoms with Crippen LogP contribution >= 0.6 is 11.6 Å². The molecule has 7 heteroatoms. The van der Waals surface area contributed by atoms with Gasteiger partial charge in [-0.05, 0) is 23.7 Å². The van der Waals surface area contributed by atoms with Crippen molar-refractivity contribution >= 4 is 23.4 Å². The summed E-state index contributed by atoms with van der Waals surface area (Å²) >= 11 is 5.67. The molecule has 1 aliphatic rings. The van der Waals surface area contributed by atoms with Gasteiger partial charge in [-0.25, -0.2) is 0 Å². The highest BCUT2D eigenvalue weighted by atomic mass is 35.5. The van der Waals surface area contributed by atoms with Crippen LogP contribution in [0, 0.1) is 0 Å². The fourth-order valence-corrected chi connectivity index (χ4v) is 2.17. The Labute approximate surface area is 122 Å². The molecule has 6 nitrogen and oxygen atoms in total. The van der Waals surface area contributed by atoms with Gasteiger partial charge in [0.1, 0.15) is 0 Å². The van der Waals surface area contributed by atoms with E-state index in [9.17, 15) is 9.59 Å². The van der Waals surface area contributed by atoms with Gasteiger partial charge in [0.2, 0.25) is 5.91 Å². The molecule has 0 bridgehead atoms. The Morgan fingerprint density at radius 3 is 2.40 bits per heavy atom. The minimum Gasteiger partial charge on any atom is -0.440 e. The van der Waals surface area contributed by atoms with Crippen LogP contribution in [0.15, 0.2) is 16.5 Å². The first kappa shape index (κ1) is 14.9. The molecule has 0 spiro atoms. The van der Waals surface area contributed by atoms with Crippen LogP contribution in [0.25, 0.3) is 0 Å². The maximum absolute atomic E-state index is 12.1. The van der Waals surface area contributed by atoms with E-state index in [-0.39, 0.29) is 22.8 Å². The molecule has 1 aromatic heterocycles. The first-order chi connectivity index (χ1) is 9.47. The van der Waals surface area contributed by atoms with Gasteiger partial charge < -0.3 is 14.2 Å². The van der Waals surface area contributed by atoms with E-state index in [4.69, 9.17) is 16.0 Å². The molecule has 1 aliphatic heterocycles. The molecule has 0 aliphatic carbocycles. The first-order valence-corrected chi connectivity index (χ1v) is 6.82. The van der Waals surface area contributed by atoms with Crippen LogP contribution in [0.4, 0.5) is 0 Å². The monoisotopic (exact) mass is 299 g/mol. The molecule has 2 heterocycles. The third kappa shape index (κ3) is 3.52. The van der Waals surface area contributed by atoms with Gasteiger partial charge >= 0.3 is 0 Å². The number of rotatable bonds is 3. The van der Waals surface area contributed by atoms with Gasteiger partial charge in [-0.15, -0.1) is 0 Å². The van der Waals surface area contributed by atoms with Crippen LogP contribution < -0.4 is 0 Å². The molecule has 2 rings (SSSR count). The van der Waals surface area contributed by atoms with E-state index in [0.29, 0.717) is 32.7 Å². The van der Waals surface area contributed by atoms with Gasteiger partial charge in [0.05, 0.1) is 6.54 Å². The van der Waals surface area contributed by atoms with E-state index in [1.165, 1.54) is 0 Å². The van der Waals surface area contributed by atoms with Crippen molar-refractivity contribution in [3.63, 3.8) is 0 Å². The third-order valence-electron chi connectivity index (χ3n) is 3.30. The second-order valence-corrected chi connectivity index (χ2v) is 5.33. The Bertz CT molecular complexity index is 493. The Hall–Kier alpha value is -1.53. The summed E-state index contributed by atoms with van der Waals surface area (Å²) < 4.78 is 5.12. The average molecular weight is 300 g/mol. The predicted octanol–water partition coefficient (Wildman–Crippen LogP) is 0.779. The number of carbonyl (C=O) groups excluding carboxylic acids is 2. The molecule has 110 valence electrons. The van der Waals surface area contributed by atoms with E-state index >= 15 is 0 Å². The zero-order valence-corrected chi connectivity index (χ0v) is 12.4. The van der Waals surface area contributed by atoms with Gasteiger partial charge in [0.15, 0.2) is 11.0 Å². The molecule has 0 radical (unpaired) electrons. The fraction of sp³-hybridized carbons (Fsp3) is 0.538. The Kier molecular flexibility index (Phi) is 4.67. The van der Waals surface area contributed by atoms with Crippen molar-refractivity contribution in [2.75, 3.05) is 46.8 Å². The first-order valence-electron chi connectivity index (χ1n) is 6.44. The molecule has 1 fully saturated rings. The average Bonchev–Trinajstić information content (AvgIpc) is 2.85. The number of piperazine rings is 1. The summed E-state index contributed by atoms with van der Waals surface area (Å²) in [6.07, 6.45) is 0. The van der Waals surface area contributed by atoms with Crippen LogP contribution in [0.5, 0.6) is 0 Å². The fourth-order valence-electron chi connectivity index (χ4n) is 2.03. The standard InChI is InChI=1S/C13H18ClN3O3/c1-15(2)12(18)9-16-5-7-17(8-6-16)13(19)10-3-4-11(14)20-10/h3-4H,5-9H2,1-2H3. The summed E-state index contributed by atoms with van der Waals surface area (Å²) in [6, 6.07) is 3.13. The smallest absolute Gasteiger partial charge is 0.289 e. The number of likely N-dealkylation sites (N-methyl/N-ethyl adjacent to an activating group) is 1. The van der Waals surface area contributed by atoms with Crippen LogP contribution in [0.2, 0.25) is 5.22 Å². The normalized spacial score (nSPS) is 16.2. The van der Waals surface area contributed by atoms with Crippen LogP contribution in [0.3, 0.4) is 0 Å². The highest BCUT2D eigenvalue weighted by Crippen LogP contribution is 2.16. The quantitative estimate of drug-likeness (QED) is 0.827. The highest BCUT2D eigenvalue weighted by molar-refractivity contribution is 6.29. The van der Waals surface area contributed by atoms with E-state index in [0.717, 1.165) is 0 Å². The number of nitrogens with zero attached hydrogens (tertiary/aromatic N) is 3. The van der Waals surface area contributed by atoms with Gasteiger partial charge in [-0.1, -0.05) is 0 Å². The molecule has 1 saturated heterocycles. The second-order valence-electron chi connectivity index (χ2n) is 4.96. The molecule has 2 amide bonds. The predicted molar refractivity (Wildman–Crippen MR) is 74.8 cm³/mol. The number of carbonyl (C=O) groups is 2. The molecule has 0 unspecified atom stereocenters. The Morgan fingerprint density at radius 1 is 1.25 bits per heavy atom. The molecule has 0 aromatic carbocycles. The van der Waals surface area contributed by atoms with E-state index in [1.807, 2.05) is 4.90 Å². The summed E-state index contributed by atoms with van der Waals surface area (Å²) in [5.41, 5.74) is 0. The van der Waals surface area contributed by atoms with E-state index in [1.54, 1.807) is 36.0 Å². The summed E-state index contributed by atoms with van der Waals surface area (Å²) in [7, 11) is 3.48. The van der Waals surface area contributed by atoms with Crippen LogP contribution in [0.1, 0.15) is 10.6 Å². The SMILES string of the molecule is CN(C)C(=O)CN1CCN(C(=O)c2ccc(Cl)o2)CC1. The van der Waals surface area contributed by atoms with Crippen molar-refractivity contribution in [2.24, 2.45) is 0 Å². The second kappa shape index (κ2) is 6.28. The number of furan rings is 1. The minimum absolute atomic E-state index is 0.0718. The summed E-state index contributed by atoms with van der Waals surface area (Å²) in [5, 5.41) is 0.212. The molecule has 0 N–H and O–H groups in total. The highest BCUT2D eigenvalue weighted by Gasteiger charge is 2.25. The molecule has 1 aromatic rings. The van der Waals surface area contributed by atoms with Crippen LogP contribution in [-0.2, 0) is 4.79 Å². The minimum atomic E-state index is -0.157. The molecule has 0 saturated carbocycles. The largest absolute Gasteiger partial charge is 0.440 e. The zero-order valence-electron chi connectivity index (χ0n) is 11.6. The summed E-state index contributed by atoms with van der Waals surface area (Å²) in [4.78, 5) is 29.1.